The van der Waals surface area contributed by atoms with Crippen LogP contribution in [0.2, 0.25) is 0 Å². The summed E-state index contributed by atoms with van der Waals surface area (Å²) in [6.45, 7) is 4.95. The molecule has 0 atom stereocenters. The maximum absolute atomic E-state index is 14.4. The number of nitrogens with one attached hydrogen (secondary N) is 2. The fraction of sp³-hybridized carbons (Fsp3) is 0.200. The number of amides is 2. The molecule has 2 heterocycles. The minimum Gasteiger partial charge on any atom is -0.448 e. The van der Waals surface area contributed by atoms with Crippen molar-refractivity contribution in [2.75, 3.05) is 11.9 Å². The largest absolute Gasteiger partial charge is 0.448 e. The van der Waals surface area contributed by atoms with E-state index in [-0.39, 0.29) is 38.6 Å². The van der Waals surface area contributed by atoms with Crippen molar-refractivity contribution in [3.8, 4) is 0 Å². The van der Waals surface area contributed by atoms with Gasteiger partial charge in [-0.05, 0) is 39.0 Å². The highest BCUT2D eigenvalue weighted by Crippen LogP contribution is 2.33. The van der Waals surface area contributed by atoms with Crippen molar-refractivity contribution in [1.29, 1.82) is 0 Å². The molecule has 2 aromatic heterocycles. The first-order valence-electron chi connectivity index (χ1n) is 11.4. The van der Waals surface area contributed by atoms with Crippen LogP contribution in [0.3, 0.4) is 0 Å². The third-order valence-electron chi connectivity index (χ3n) is 5.58. The number of halogens is 1. The summed E-state index contributed by atoms with van der Waals surface area (Å²) >= 11 is 0.912. The number of ether oxygens (including phenoxy) is 1. The number of nitro groups is 1. The fourth-order valence-electron chi connectivity index (χ4n) is 3.80. The van der Waals surface area contributed by atoms with Crippen molar-refractivity contribution in [3.63, 3.8) is 0 Å². The second kappa shape index (κ2) is 10.4. The van der Waals surface area contributed by atoms with Gasteiger partial charge in [-0.3, -0.25) is 19.7 Å². The lowest BCUT2D eigenvalue weighted by Crippen LogP contribution is -2.41. The van der Waals surface area contributed by atoms with E-state index in [1.165, 1.54) is 36.4 Å². The van der Waals surface area contributed by atoms with E-state index in [1.54, 1.807) is 39.0 Å². The Hall–Kier alpha value is -4.65. The van der Waals surface area contributed by atoms with E-state index in [4.69, 9.17) is 4.74 Å². The number of hydrogen-bond donors (Lipinski definition) is 2. The van der Waals surface area contributed by atoms with E-state index in [0.29, 0.717) is 0 Å². The molecule has 11 nitrogen and oxygen atoms in total. The SMILES string of the molecule is CCOC(=O)n1nc(NC(=O)c2ccccc2[N+](=O)[O-])c2cc(C(=O)NC(C)(C)c3ccccc3F)sc21. The van der Waals surface area contributed by atoms with Crippen LogP contribution in [0.5, 0.6) is 0 Å². The quantitative estimate of drug-likeness (QED) is 0.246. The van der Waals surface area contributed by atoms with Crippen LogP contribution in [0.15, 0.2) is 54.6 Å². The molecule has 0 bridgehead atoms. The monoisotopic (exact) mass is 539 g/mol. The number of para-hydroxylation sites is 1. The summed E-state index contributed by atoms with van der Waals surface area (Å²) in [6.07, 6.45) is -0.843. The lowest BCUT2D eigenvalue weighted by molar-refractivity contribution is -0.385. The highest BCUT2D eigenvalue weighted by molar-refractivity contribution is 7.20. The van der Waals surface area contributed by atoms with Gasteiger partial charge in [0.25, 0.3) is 17.5 Å². The van der Waals surface area contributed by atoms with Crippen LogP contribution >= 0.6 is 11.3 Å². The summed E-state index contributed by atoms with van der Waals surface area (Å²) in [6, 6.07) is 12.8. The zero-order chi connectivity index (χ0) is 27.6. The number of thiophene rings is 1. The van der Waals surface area contributed by atoms with Crippen molar-refractivity contribution < 1.29 is 28.4 Å². The Balaban J connectivity index is 1.71. The molecule has 38 heavy (non-hydrogen) atoms. The van der Waals surface area contributed by atoms with Gasteiger partial charge in [-0.15, -0.1) is 16.4 Å². The van der Waals surface area contributed by atoms with Crippen LogP contribution in [0.4, 0.5) is 20.7 Å². The van der Waals surface area contributed by atoms with E-state index in [2.05, 4.69) is 15.7 Å². The van der Waals surface area contributed by atoms with E-state index >= 15 is 0 Å². The van der Waals surface area contributed by atoms with Gasteiger partial charge in [-0.1, -0.05) is 30.3 Å². The Morgan fingerprint density at radius 3 is 2.50 bits per heavy atom. The zero-order valence-corrected chi connectivity index (χ0v) is 21.3. The standard InChI is InChI=1S/C25H22FN5O6S/c1-4-37-24(34)30-23-15(20(29-30)27-21(32)14-9-5-8-12-18(14)31(35)36)13-19(38-23)22(33)28-25(2,3)16-10-6-7-11-17(16)26/h5-13H,4H2,1-3H3,(H,28,33)(H,27,29,32). The van der Waals surface area contributed by atoms with Crippen LogP contribution in [-0.2, 0) is 10.3 Å². The minimum absolute atomic E-state index is 0.0492. The van der Waals surface area contributed by atoms with Gasteiger partial charge in [0.2, 0.25) is 0 Å². The molecule has 0 aliphatic carbocycles. The molecule has 4 aromatic rings. The molecule has 13 heteroatoms. The zero-order valence-electron chi connectivity index (χ0n) is 20.5. The number of benzene rings is 2. The Morgan fingerprint density at radius 2 is 1.82 bits per heavy atom. The van der Waals surface area contributed by atoms with Crippen molar-refractivity contribution in [3.05, 3.63) is 86.5 Å². The van der Waals surface area contributed by atoms with Crippen LogP contribution in [0.25, 0.3) is 10.2 Å². The topological polar surface area (TPSA) is 145 Å². The Kier molecular flexibility index (Phi) is 7.21. The van der Waals surface area contributed by atoms with Gasteiger partial charge in [0, 0.05) is 11.6 Å². The number of rotatable bonds is 7. The molecule has 0 aliphatic rings. The third-order valence-corrected chi connectivity index (χ3v) is 6.68. The number of carbonyl (C=O) groups is 3. The van der Waals surface area contributed by atoms with Crippen LogP contribution in [-0.4, -0.2) is 39.2 Å². The maximum atomic E-state index is 14.4. The van der Waals surface area contributed by atoms with Crippen LogP contribution in [0.1, 0.15) is 46.4 Å². The molecule has 0 saturated carbocycles. The van der Waals surface area contributed by atoms with Gasteiger partial charge in [-0.2, -0.15) is 4.68 Å². The summed E-state index contributed by atoms with van der Waals surface area (Å²) in [5.41, 5.74) is -1.41. The minimum atomic E-state index is -1.07. The van der Waals surface area contributed by atoms with Gasteiger partial charge < -0.3 is 15.4 Å². The van der Waals surface area contributed by atoms with Crippen molar-refractivity contribution in [2.45, 2.75) is 26.3 Å². The predicted molar refractivity (Wildman–Crippen MR) is 138 cm³/mol. The highest BCUT2D eigenvalue weighted by atomic mass is 32.1. The second-order valence-electron chi connectivity index (χ2n) is 8.58. The average molecular weight is 540 g/mol. The number of fused-ring (bicyclic) bond motifs is 1. The highest BCUT2D eigenvalue weighted by Gasteiger charge is 2.29. The molecule has 0 fully saturated rings. The van der Waals surface area contributed by atoms with Crippen LogP contribution in [0, 0.1) is 15.9 Å². The predicted octanol–water partition coefficient (Wildman–Crippen LogP) is 5.07. The van der Waals surface area contributed by atoms with Crippen molar-refractivity contribution in [2.24, 2.45) is 0 Å². The fourth-order valence-corrected chi connectivity index (χ4v) is 4.80. The van der Waals surface area contributed by atoms with Gasteiger partial charge in [0.1, 0.15) is 16.2 Å². The molecular formula is C25H22FN5O6S. The maximum Gasteiger partial charge on any atom is 0.436 e. The number of anilines is 1. The van der Waals surface area contributed by atoms with E-state index in [1.807, 2.05) is 0 Å². The average Bonchev–Trinajstić information content (AvgIpc) is 3.44. The number of hydrogen-bond acceptors (Lipinski definition) is 8. The molecule has 0 unspecified atom stereocenters. The van der Waals surface area contributed by atoms with E-state index in [9.17, 15) is 28.9 Å². The lowest BCUT2D eigenvalue weighted by atomic mass is 9.93. The Morgan fingerprint density at radius 1 is 1.13 bits per heavy atom. The molecule has 0 aliphatic heterocycles. The summed E-state index contributed by atoms with van der Waals surface area (Å²) in [7, 11) is 0. The Labute approximate surface area is 219 Å². The van der Waals surface area contributed by atoms with Crippen molar-refractivity contribution >= 4 is 51.0 Å². The molecule has 4 rings (SSSR count). The van der Waals surface area contributed by atoms with Gasteiger partial charge in [-0.25, -0.2) is 9.18 Å². The number of carbonyl (C=O) groups excluding carboxylic acids is 3. The normalized spacial score (nSPS) is 11.3. The van der Waals surface area contributed by atoms with E-state index in [0.717, 1.165) is 16.0 Å². The first kappa shape index (κ1) is 26.4. The molecule has 0 radical (unpaired) electrons. The molecule has 2 aromatic carbocycles. The van der Waals surface area contributed by atoms with Gasteiger partial charge >= 0.3 is 6.09 Å². The van der Waals surface area contributed by atoms with Crippen LogP contribution < -0.4 is 10.6 Å². The van der Waals surface area contributed by atoms with E-state index < -0.39 is 39.9 Å². The molecule has 196 valence electrons. The third kappa shape index (κ3) is 5.09. The number of aromatic nitrogens is 2. The number of nitrogens with zero attached hydrogens (tertiary/aromatic N) is 3. The molecule has 0 spiro atoms. The second-order valence-corrected chi connectivity index (χ2v) is 9.61. The first-order chi connectivity index (χ1) is 18.0. The summed E-state index contributed by atoms with van der Waals surface area (Å²) in [5.74, 6) is -1.96. The summed E-state index contributed by atoms with van der Waals surface area (Å²) in [5, 5.41) is 21.0. The molecule has 0 saturated heterocycles. The Bertz CT molecular complexity index is 1580. The first-order valence-corrected chi connectivity index (χ1v) is 12.2. The smallest absolute Gasteiger partial charge is 0.436 e. The number of nitro benzene ring substituents is 1. The molecule has 2 amide bonds. The van der Waals surface area contributed by atoms with Crippen molar-refractivity contribution in [1.82, 2.24) is 15.1 Å². The van der Waals surface area contributed by atoms with Gasteiger partial charge in [0.15, 0.2) is 5.82 Å². The lowest BCUT2D eigenvalue weighted by Gasteiger charge is -2.27. The summed E-state index contributed by atoms with van der Waals surface area (Å²) in [4.78, 5) is 49.6. The molecular weight excluding hydrogens is 517 g/mol. The van der Waals surface area contributed by atoms with Gasteiger partial charge in [0.05, 0.1) is 27.3 Å². The molecule has 2 N–H and O–H groups in total. The summed E-state index contributed by atoms with van der Waals surface area (Å²) < 4.78 is 20.3.